The first-order chi connectivity index (χ1) is 15.0. The molecule has 1 saturated carbocycles. The van der Waals surface area contributed by atoms with Crippen LogP contribution in [0.2, 0.25) is 0 Å². The van der Waals surface area contributed by atoms with Gasteiger partial charge in [-0.1, -0.05) is 44.9 Å². The van der Waals surface area contributed by atoms with Gasteiger partial charge in [-0.25, -0.2) is 9.78 Å². The monoisotopic (exact) mass is 423 g/mol. The van der Waals surface area contributed by atoms with E-state index in [4.69, 9.17) is 4.98 Å². The molecule has 2 N–H and O–H groups in total. The van der Waals surface area contributed by atoms with Gasteiger partial charge in [0.05, 0.1) is 5.54 Å². The minimum atomic E-state index is -0.680. The van der Waals surface area contributed by atoms with E-state index in [1.165, 1.54) is 4.57 Å². The highest BCUT2D eigenvalue weighted by molar-refractivity contribution is 5.94. The molecule has 0 atom stereocenters. The Morgan fingerprint density at radius 1 is 1.06 bits per heavy atom. The van der Waals surface area contributed by atoms with E-state index < -0.39 is 5.54 Å². The average Bonchev–Trinajstić information content (AvgIpc) is 3.43. The molecule has 0 bridgehead atoms. The van der Waals surface area contributed by atoms with Gasteiger partial charge in [-0.15, -0.1) is 0 Å². The number of aryl methyl sites for hydroxylation is 1. The van der Waals surface area contributed by atoms with Gasteiger partial charge >= 0.3 is 5.69 Å². The smallest absolute Gasteiger partial charge is 0.332 e. The molecule has 164 valence electrons. The number of aromatic amines is 1. The van der Waals surface area contributed by atoms with Gasteiger partial charge in [-0.3, -0.25) is 18.7 Å². The summed E-state index contributed by atoms with van der Waals surface area (Å²) in [5.74, 6) is 0.386. The Balaban J connectivity index is 1.84. The van der Waals surface area contributed by atoms with Crippen molar-refractivity contribution in [2.45, 2.75) is 71.0 Å². The predicted octanol–water partition coefficient (Wildman–Crippen LogP) is 2.91. The number of hydrogen-bond acceptors (Lipinski definition) is 4. The number of amides is 1. The number of hydrogen-bond donors (Lipinski definition) is 2. The number of carbonyl (C=O) groups excluding carboxylic acids is 1. The molecule has 0 aliphatic heterocycles. The Bertz CT molecular complexity index is 1200. The van der Waals surface area contributed by atoms with E-state index >= 15 is 0 Å². The molecule has 1 aliphatic carbocycles. The molecule has 1 aromatic carbocycles. The molecule has 2 heterocycles. The van der Waals surface area contributed by atoms with Gasteiger partial charge in [0.2, 0.25) is 0 Å². The van der Waals surface area contributed by atoms with Crippen molar-refractivity contribution in [3.05, 3.63) is 62.6 Å². The Morgan fingerprint density at radius 3 is 2.35 bits per heavy atom. The molecule has 0 saturated heterocycles. The van der Waals surface area contributed by atoms with Crippen LogP contribution in [0, 0.1) is 0 Å². The molecule has 2 aromatic heterocycles. The summed E-state index contributed by atoms with van der Waals surface area (Å²) in [5.41, 5.74) is -0.0704. The zero-order valence-corrected chi connectivity index (χ0v) is 18.1. The first kappa shape index (κ1) is 21.1. The third-order valence-electron chi connectivity index (χ3n) is 6.05. The van der Waals surface area contributed by atoms with Crippen LogP contribution < -0.4 is 16.6 Å². The van der Waals surface area contributed by atoms with Crippen LogP contribution in [0.15, 0.2) is 39.9 Å². The molecule has 1 fully saturated rings. The molecule has 3 aromatic rings. The molecular formula is C23H29N5O3. The van der Waals surface area contributed by atoms with Crippen molar-refractivity contribution in [1.82, 2.24) is 24.4 Å². The number of fused-ring (bicyclic) bond motifs is 1. The maximum atomic E-state index is 13.1. The van der Waals surface area contributed by atoms with Crippen molar-refractivity contribution >= 4 is 17.1 Å². The maximum absolute atomic E-state index is 13.1. The molecule has 0 radical (unpaired) electrons. The lowest BCUT2D eigenvalue weighted by Gasteiger charge is -2.28. The summed E-state index contributed by atoms with van der Waals surface area (Å²) in [6.45, 7) is 4.76. The van der Waals surface area contributed by atoms with Gasteiger partial charge in [-0.05, 0) is 37.8 Å². The number of H-pyrrole nitrogens is 1. The van der Waals surface area contributed by atoms with Crippen LogP contribution in [0.3, 0.4) is 0 Å². The molecular weight excluding hydrogens is 394 g/mol. The summed E-state index contributed by atoms with van der Waals surface area (Å²) in [5, 5.41) is 3.18. The minimum Gasteiger partial charge on any atom is -0.339 e. The molecule has 4 rings (SSSR count). The van der Waals surface area contributed by atoms with Crippen LogP contribution in [0.5, 0.6) is 0 Å². The lowest BCUT2D eigenvalue weighted by Crippen LogP contribution is -2.44. The Labute approximate surface area is 180 Å². The Kier molecular flexibility index (Phi) is 5.80. The number of aromatic nitrogens is 4. The molecule has 1 aliphatic rings. The van der Waals surface area contributed by atoms with Gasteiger partial charge in [0.25, 0.3) is 11.5 Å². The summed E-state index contributed by atoms with van der Waals surface area (Å²) in [6.07, 6.45) is 4.79. The van der Waals surface area contributed by atoms with Crippen molar-refractivity contribution in [1.29, 1.82) is 0 Å². The number of carbonyl (C=O) groups is 1. The van der Waals surface area contributed by atoms with Crippen LogP contribution in [0.25, 0.3) is 11.2 Å². The van der Waals surface area contributed by atoms with Crippen LogP contribution in [-0.2, 0) is 18.6 Å². The van der Waals surface area contributed by atoms with Crippen LogP contribution in [-0.4, -0.2) is 25.0 Å². The summed E-state index contributed by atoms with van der Waals surface area (Å²) in [7, 11) is 0. The topological polar surface area (TPSA) is 102 Å². The molecule has 1 amide bonds. The van der Waals surface area contributed by atoms with E-state index in [1.54, 1.807) is 16.7 Å². The first-order valence-electron chi connectivity index (χ1n) is 11.1. The van der Waals surface area contributed by atoms with E-state index in [-0.39, 0.29) is 17.2 Å². The highest BCUT2D eigenvalue weighted by Gasteiger charge is 2.40. The normalized spacial score (nSPS) is 15.4. The van der Waals surface area contributed by atoms with E-state index in [0.717, 1.165) is 32.1 Å². The third kappa shape index (κ3) is 3.71. The Morgan fingerprint density at radius 2 is 1.71 bits per heavy atom. The van der Waals surface area contributed by atoms with E-state index in [2.05, 4.69) is 10.3 Å². The van der Waals surface area contributed by atoms with Gasteiger partial charge in [0.15, 0.2) is 5.65 Å². The lowest BCUT2D eigenvalue weighted by molar-refractivity contribution is 0.0894. The third-order valence-corrected chi connectivity index (χ3v) is 6.05. The fraction of sp³-hybridized carbons (Fsp3) is 0.478. The first-order valence-corrected chi connectivity index (χ1v) is 11.1. The largest absolute Gasteiger partial charge is 0.339 e. The molecule has 8 heteroatoms. The molecule has 0 unspecified atom stereocenters. The van der Waals surface area contributed by atoms with Crippen molar-refractivity contribution < 1.29 is 4.79 Å². The van der Waals surface area contributed by atoms with Crippen molar-refractivity contribution in [2.75, 3.05) is 0 Å². The quantitative estimate of drug-likeness (QED) is 0.610. The van der Waals surface area contributed by atoms with Gasteiger partial charge in [-0.2, -0.15) is 0 Å². The zero-order chi connectivity index (χ0) is 22.0. The molecule has 8 nitrogen and oxygen atoms in total. The number of rotatable bonds is 7. The second kappa shape index (κ2) is 8.53. The van der Waals surface area contributed by atoms with Gasteiger partial charge < -0.3 is 10.3 Å². The fourth-order valence-corrected chi connectivity index (χ4v) is 4.52. The van der Waals surface area contributed by atoms with E-state index in [0.29, 0.717) is 42.1 Å². The predicted molar refractivity (Wildman–Crippen MR) is 119 cm³/mol. The lowest BCUT2D eigenvalue weighted by atomic mass is 9.96. The fourth-order valence-electron chi connectivity index (χ4n) is 4.52. The van der Waals surface area contributed by atoms with Gasteiger partial charge in [0.1, 0.15) is 11.3 Å². The van der Waals surface area contributed by atoms with Crippen LogP contribution >= 0.6 is 0 Å². The van der Waals surface area contributed by atoms with Crippen molar-refractivity contribution in [2.24, 2.45) is 0 Å². The number of imidazole rings is 1. The highest BCUT2D eigenvalue weighted by atomic mass is 16.2. The maximum Gasteiger partial charge on any atom is 0.332 e. The van der Waals surface area contributed by atoms with Crippen molar-refractivity contribution in [3.63, 3.8) is 0 Å². The Hall–Kier alpha value is -3.16. The molecule has 31 heavy (non-hydrogen) atoms. The van der Waals surface area contributed by atoms with Crippen LogP contribution in [0.4, 0.5) is 0 Å². The zero-order valence-electron chi connectivity index (χ0n) is 18.1. The number of nitrogens with one attached hydrogen (secondary N) is 2. The summed E-state index contributed by atoms with van der Waals surface area (Å²) < 4.78 is 2.86. The summed E-state index contributed by atoms with van der Waals surface area (Å²) >= 11 is 0. The second-order valence-corrected chi connectivity index (χ2v) is 8.28. The van der Waals surface area contributed by atoms with Crippen molar-refractivity contribution in [3.8, 4) is 0 Å². The second-order valence-electron chi connectivity index (χ2n) is 8.28. The number of nitrogens with zero attached hydrogens (tertiary/aromatic N) is 3. The summed E-state index contributed by atoms with van der Waals surface area (Å²) in [6, 6.07) is 9.09. The summed E-state index contributed by atoms with van der Waals surface area (Å²) in [4.78, 5) is 46.9. The number of benzene rings is 1. The SMILES string of the molecule is CCCn1c(=O)c2[nH]c(C3(NC(=O)c4ccccc4)CCCC3)nc2n(CCC)c1=O. The van der Waals surface area contributed by atoms with Crippen LogP contribution in [0.1, 0.15) is 68.6 Å². The average molecular weight is 424 g/mol. The van der Waals surface area contributed by atoms with E-state index in [1.807, 2.05) is 32.0 Å². The van der Waals surface area contributed by atoms with Gasteiger partial charge in [0, 0.05) is 18.7 Å². The molecule has 0 spiro atoms. The minimum absolute atomic E-state index is 0.169. The van der Waals surface area contributed by atoms with E-state index in [9.17, 15) is 14.4 Å². The standard InChI is InChI=1S/C23H29N5O3/c1-3-14-27-18-17(20(30)28(15-4-2)22(27)31)24-21(25-18)23(12-8-9-13-23)26-19(29)16-10-6-5-7-11-16/h5-7,10-11H,3-4,8-9,12-15H2,1-2H3,(H,24,25)(H,26,29). The highest BCUT2D eigenvalue weighted by Crippen LogP contribution is 2.38.